The quantitative estimate of drug-likeness (QED) is 0.0184. The van der Waals surface area contributed by atoms with E-state index in [9.17, 15) is 53.4 Å². The molecular formula is C35H61N11O11. The lowest BCUT2D eigenvalue weighted by Crippen LogP contribution is -2.50. The van der Waals surface area contributed by atoms with Gasteiger partial charge in [-0.1, -0.05) is 13.8 Å². The van der Waals surface area contributed by atoms with E-state index in [1.807, 2.05) is 0 Å². The third kappa shape index (κ3) is 22.5. The minimum absolute atomic E-state index is 0.111. The molecule has 5 amide bonds. The van der Waals surface area contributed by atoms with E-state index in [0.717, 1.165) is 0 Å². The summed E-state index contributed by atoms with van der Waals surface area (Å²) in [5.74, 6) is -11.6. The van der Waals surface area contributed by atoms with Crippen LogP contribution < -0.4 is 50.4 Å². The summed E-state index contributed by atoms with van der Waals surface area (Å²) in [4.78, 5) is 121. The van der Waals surface area contributed by atoms with Crippen molar-refractivity contribution in [2.45, 2.75) is 110 Å². The number of carbonyl (C=O) groups is 9. The van der Waals surface area contributed by atoms with E-state index in [2.05, 4.69) is 25.9 Å². The van der Waals surface area contributed by atoms with E-state index in [-0.39, 0.29) is 44.3 Å². The molecule has 0 saturated heterocycles. The zero-order valence-corrected chi connectivity index (χ0v) is 32.9. The molecule has 0 aliphatic heterocycles. The van der Waals surface area contributed by atoms with Crippen LogP contribution in [0.25, 0.3) is 0 Å². The lowest BCUT2D eigenvalue weighted by molar-refractivity contribution is -0.139. The molecule has 0 aliphatic carbocycles. The molecule has 0 fully saturated rings. The first-order chi connectivity index (χ1) is 26.6. The summed E-state index contributed by atoms with van der Waals surface area (Å²) in [6, 6.07) is -2.92. The number of amides is 5. The number of carbonyl (C=O) groups excluding carboxylic acids is 8. The Kier molecular flexibility index (Phi) is 24.3. The number of guanidine groups is 2. The highest BCUT2D eigenvalue weighted by Gasteiger charge is 2.35. The van der Waals surface area contributed by atoms with Gasteiger partial charge in [0.05, 0.1) is 37.1 Å². The van der Waals surface area contributed by atoms with Gasteiger partial charge >= 0.3 is 5.97 Å². The van der Waals surface area contributed by atoms with Crippen LogP contribution in [0.5, 0.6) is 0 Å². The Morgan fingerprint density at radius 3 is 1.65 bits per heavy atom. The van der Waals surface area contributed by atoms with Crippen molar-refractivity contribution in [2.24, 2.45) is 68.1 Å². The Balaban J connectivity index is 5.68. The van der Waals surface area contributed by atoms with Gasteiger partial charge in [0, 0.05) is 56.5 Å². The first-order valence-electron chi connectivity index (χ1n) is 18.6. The summed E-state index contributed by atoms with van der Waals surface area (Å²) in [5.41, 5.74) is 31.9. The van der Waals surface area contributed by atoms with Gasteiger partial charge in [-0.2, -0.15) is 0 Å². The molecule has 0 saturated carbocycles. The largest absolute Gasteiger partial charge is 0.481 e. The summed E-state index contributed by atoms with van der Waals surface area (Å²) in [6.07, 6.45) is -2.74. The monoisotopic (exact) mass is 811 g/mol. The smallest absolute Gasteiger partial charge is 0.303 e. The zero-order valence-electron chi connectivity index (χ0n) is 32.9. The maximum Gasteiger partial charge on any atom is 0.303 e. The van der Waals surface area contributed by atoms with E-state index in [1.165, 1.54) is 13.8 Å². The molecule has 0 bridgehead atoms. The number of aliphatic hydroxyl groups excluding tert-OH is 1. The number of Topliss-reactive ketones (excluding diaryl/α,β-unsaturated/α-hetero) is 3. The molecule has 0 rings (SSSR count). The Hall–Kier alpha value is -5.67. The van der Waals surface area contributed by atoms with E-state index in [1.54, 1.807) is 6.92 Å². The molecule has 0 aromatic rings. The van der Waals surface area contributed by atoms with Crippen molar-refractivity contribution in [3.63, 3.8) is 0 Å². The molecule has 0 heterocycles. The van der Waals surface area contributed by atoms with Crippen molar-refractivity contribution < 1.29 is 53.4 Å². The van der Waals surface area contributed by atoms with Crippen molar-refractivity contribution in [2.75, 3.05) is 19.6 Å². The number of rotatable bonds is 31. The van der Waals surface area contributed by atoms with E-state index >= 15 is 0 Å². The molecule has 22 heteroatoms. The zero-order chi connectivity index (χ0) is 43.8. The average molecular weight is 812 g/mol. The molecule has 0 aliphatic rings. The average Bonchev–Trinajstić information content (AvgIpc) is 3.10. The number of carboxylic acids is 1. The summed E-state index contributed by atoms with van der Waals surface area (Å²) in [5, 5.41) is 27.0. The van der Waals surface area contributed by atoms with Crippen LogP contribution in [0.15, 0.2) is 9.98 Å². The third-order valence-corrected chi connectivity index (χ3v) is 8.97. The van der Waals surface area contributed by atoms with Crippen LogP contribution >= 0.6 is 0 Å². The summed E-state index contributed by atoms with van der Waals surface area (Å²) in [6.45, 7) is 4.30. The number of aliphatic hydroxyl groups is 1. The normalized spacial score (nSPS) is 14.5. The highest BCUT2D eigenvalue weighted by atomic mass is 16.4. The van der Waals surface area contributed by atoms with Gasteiger partial charge < -0.3 is 60.6 Å². The maximum absolute atomic E-state index is 13.5. The Morgan fingerprint density at radius 1 is 0.649 bits per heavy atom. The number of carboxylic acid groups (broad SMARTS) is 1. The fourth-order valence-electron chi connectivity index (χ4n) is 5.64. The molecule has 57 heavy (non-hydrogen) atoms. The van der Waals surface area contributed by atoms with Crippen molar-refractivity contribution in [1.29, 1.82) is 0 Å². The number of aliphatic carboxylic acids is 1. The van der Waals surface area contributed by atoms with Crippen molar-refractivity contribution >= 4 is 64.8 Å². The number of aliphatic imine (C=N–C) groups is 2. The Labute approximate surface area is 331 Å². The van der Waals surface area contributed by atoms with Gasteiger partial charge in [-0.3, -0.25) is 53.1 Å². The second-order valence-electron chi connectivity index (χ2n) is 13.9. The molecule has 17 N–H and O–H groups in total. The van der Waals surface area contributed by atoms with Gasteiger partial charge in [0.2, 0.25) is 29.5 Å². The molecule has 7 atom stereocenters. The van der Waals surface area contributed by atoms with Gasteiger partial charge in [0.25, 0.3) is 0 Å². The molecule has 0 spiro atoms. The van der Waals surface area contributed by atoms with Crippen LogP contribution in [0.4, 0.5) is 0 Å². The minimum atomic E-state index is -1.58. The fourth-order valence-corrected chi connectivity index (χ4v) is 5.64. The predicted octanol–water partition coefficient (Wildman–Crippen LogP) is -3.44. The van der Waals surface area contributed by atoms with Crippen LogP contribution in [-0.2, 0) is 43.2 Å². The van der Waals surface area contributed by atoms with Crippen LogP contribution in [-0.4, -0.2) is 113 Å². The summed E-state index contributed by atoms with van der Waals surface area (Å²) < 4.78 is 0. The van der Waals surface area contributed by atoms with Gasteiger partial charge in [-0.15, -0.1) is 0 Å². The van der Waals surface area contributed by atoms with Crippen LogP contribution in [0.1, 0.15) is 91.4 Å². The number of nitrogens with one attached hydrogen (secondary N) is 3. The molecule has 322 valence electrons. The predicted molar refractivity (Wildman–Crippen MR) is 207 cm³/mol. The van der Waals surface area contributed by atoms with Crippen molar-refractivity contribution in [1.82, 2.24) is 16.0 Å². The summed E-state index contributed by atoms with van der Waals surface area (Å²) in [7, 11) is 0. The highest BCUT2D eigenvalue weighted by molar-refractivity contribution is 5.98. The minimum Gasteiger partial charge on any atom is -0.481 e. The lowest BCUT2D eigenvalue weighted by Gasteiger charge is -2.26. The van der Waals surface area contributed by atoms with Crippen molar-refractivity contribution in [3.8, 4) is 0 Å². The highest BCUT2D eigenvalue weighted by Crippen LogP contribution is 2.18. The van der Waals surface area contributed by atoms with Gasteiger partial charge in [-0.25, -0.2) is 0 Å². The standard InChI is InChI=1S/C35H61N11O11/c1-4-20(7-5-11-42-34(38)39)32(56)45-24(9-10-29(52)53)27(50)15-23(19(3)47)33(57)46-25(16-28(36)51)26(49)13-18(2)31(55)44-17-22(48)14-21(30(37)54)8-6-12-43-35(40)41/h18-21,23-25,47H,4-17H2,1-3H3,(H2,36,51)(H2,37,54)(H,44,55)(H,45,56)(H,46,57)(H,52,53)(H4,38,39,42)(H4,40,41,43)/t18-,19-,20+,21-,23+,24+,25+/m1/s1. The first kappa shape index (κ1) is 51.3. The topological polar surface area (TPSA) is 411 Å². The first-order valence-corrected chi connectivity index (χ1v) is 18.6. The number of ketones is 3. The summed E-state index contributed by atoms with van der Waals surface area (Å²) >= 11 is 0. The number of hydrogen-bond donors (Lipinski definition) is 11. The lowest BCUT2D eigenvalue weighted by atomic mass is 9.90. The van der Waals surface area contributed by atoms with E-state index in [4.69, 9.17) is 34.4 Å². The van der Waals surface area contributed by atoms with E-state index in [0.29, 0.717) is 25.7 Å². The Morgan fingerprint density at radius 2 is 1.18 bits per heavy atom. The van der Waals surface area contributed by atoms with E-state index < -0.39 is 127 Å². The number of nitrogens with zero attached hydrogens (tertiary/aromatic N) is 2. The van der Waals surface area contributed by atoms with Gasteiger partial charge in [0.15, 0.2) is 29.3 Å². The fraction of sp³-hybridized carbons (Fsp3) is 0.686. The van der Waals surface area contributed by atoms with Crippen molar-refractivity contribution in [3.05, 3.63) is 0 Å². The van der Waals surface area contributed by atoms with Gasteiger partial charge in [0.1, 0.15) is 0 Å². The SMILES string of the molecule is CC[C@@H](CCCN=C(N)N)C(=O)N[C@@H](CCC(=O)O)C(=O)C[C@H](C(=O)N[C@@H](CC(N)=O)C(=O)C[C@@H](C)C(=O)NCC(=O)C[C@@H](CCCN=C(N)N)C(N)=O)[C@@H](C)O. The molecule has 0 aromatic heterocycles. The molecule has 0 unspecified atom stereocenters. The molecule has 22 nitrogen and oxygen atoms in total. The number of hydrogen-bond acceptors (Lipinski definition) is 12. The van der Waals surface area contributed by atoms with Crippen LogP contribution in [0, 0.1) is 23.7 Å². The van der Waals surface area contributed by atoms with Crippen LogP contribution in [0.3, 0.4) is 0 Å². The molecular weight excluding hydrogens is 750 g/mol. The third-order valence-electron chi connectivity index (χ3n) is 8.97. The number of primary amides is 2. The van der Waals surface area contributed by atoms with Gasteiger partial charge in [-0.05, 0) is 45.4 Å². The second kappa shape index (κ2) is 27.0. The Bertz CT molecular complexity index is 1480. The molecule has 0 radical (unpaired) electrons. The number of nitrogens with two attached hydrogens (primary N) is 6. The van der Waals surface area contributed by atoms with Crippen LogP contribution in [0.2, 0.25) is 0 Å². The maximum atomic E-state index is 13.5. The second-order valence-corrected chi connectivity index (χ2v) is 13.9. The molecule has 0 aromatic carbocycles.